The zero-order chi connectivity index (χ0) is 13.5. The molecule has 0 saturated carbocycles. The maximum absolute atomic E-state index is 5.11. The van der Waals surface area contributed by atoms with E-state index in [0.29, 0.717) is 0 Å². The van der Waals surface area contributed by atoms with Gasteiger partial charge in [-0.1, -0.05) is 17.8 Å². The normalized spacial score (nSPS) is 8.74. The lowest BCUT2D eigenvalue weighted by molar-refractivity contribution is 0.415. The van der Waals surface area contributed by atoms with Crippen molar-refractivity contribution in [2.45, 2.75) is 6.92 Å². The molecular formula is C18H14O. The highest BCUT2D eigenvalue weighted by atomic mass is 16.5. The zero-order valence-electron chi connectivity index (χ0n) is 11.0. The Morgan fingerprint density at radius 3 is 1.53 bits per heavy atom. The number of methoxy groups -OCH3 is 1. The Balaban J connectivity index is 2.15. The number of rotatable bonds is 1. The standard InChI is InChI=1S/C18H14O/c1-3-4-15-5-7-16(8-6-15)9-10-17-11-13-18(19-2)14-12-17/h5-8,11-14H,1-2H3. The van der Waals surface area contributed by atoms with Crippen LogP contribution in [-0.2, 0) is 0 Å². The van der Waals surface area contributed by atoms with Gasteiger partial charge in [0.2, 0.25) is 0 Å². The van der Waals surface area contributed by atoms with Crippen molar-refractivity contribution in [1.82, 2.24) is 0 Å². The fourth-order valence-corrected chi connectivity index (χ4v) is 1.60. The molecule has 0 aliphatic carbocycles. The first-order chi connectivity index (χ1) is 9.31. The molecule has 0 N–H and O–H groups in total. The smallest absolute Gasteiger partial charge is 0.118 e. The summed E-state index contributed by atoms with van der Waals surface area (Å²) in [5.41, 5.74) is 2.97. The summed E-state index contributed by atoms with van der Waals surface area (Å²) in [6, 6.07) is 15.6. The molecular weight excluding hydrogens is 232 g/mol. The van der Waals surface area contributed by atoms with E-state index in [0.717, 1.165) is 22.4 Å². The lowest BCUT2D eigenvalue weighted by atomic mass is 10.1. The summed E-state index contributed by atoms with van der Waals surface area (Å²) in [6.07, 6.45) is 0. The fraction of sp³-hybridized carbons (Fsp3) is 0.111. The molecule has 0 heterocycles. The van der Waals surface area contributed by atoms with Crippen LogP contribution in [0, 0.1) is 23.7 Å². The maximum Gasteiger partial charge on any atom is 0.118 e. The van der Waals surface area contributed by atoms with E-state index in [-0.39, 0.29) is 0 Å². The molecule has 2 aromatic carbocycles. The van der Waals surface area contributed by atoms with Gasteiger partial charge in [-0.25, -0.2) is 0 Å². The van der Waals surface area contributed by atoms with Gasteiger partial charge in [-0.3, -0.25) is 0 Å². The Hall–Kier alpha value is -2.64. The van der Waals surface area contributed by atoms with E-state index in [9.17, 15) is 0 Å². The molecule has 0 amide bonds. The van der Waals surface area contributed by atoms with Crippen LogP contribution in [0.15, 0.2) is 48.5 Å². The van der Waals surface area contributed by atoms with Gasteiger partial charge in [-0.05, 0) is 55.5 Å². The van der Waals surface area contributed by atoms with Crippen molar-refractivity contribution in [3.63, 3.8) is 0 Å². The van der Waals surface area contributed by atoms with E-state index in [1.54, 1.807) is 7.11 Å². The molecule has 0 aliphatic rings. The van der Waals surface area contributed by atoms with Crippen LogP contribution in [0.2, 0.25) is 0 Å². The van der Waals surface area contributed by atoms with E-state index >= 15 is 0 Å². The van der Waals surface area contributed by atoms with Crippen molar-refractivity contribution >= 4 is 0 Å². The monoisotopic (exact) mass is 246 g/mol. The Labute approximate surface area is 114 Å². The summed E-state index contributed by atoms with van der Waals surface area (Å²) in [7, 11) is 1.65. The Kier molecular flexibility index (Phi) is 4.27. The van der Waals surface area contributed by atoms with Crippen molar-refractivity contribution in [2.24, 2.45) is 0 Å². The second-order valence-electron chi connectivity index (χ2n) is 3.93. The van der Waals surface area contributed by atoms with Gasteiger partial charge in [0.15, 0.2) is 0 Å². The van der Waals surface area contributed by atoms with Crippen LogP contribution in [0.5, 0.6) is 5.75 Å². The molecule has 0 saturated heterocycles. The SMILES string of the molecule is CC#Cc1ccc(C#Cc2ccc(OC)cc2)cc1. The first-order valence-corrected chi connectivity index (χ1v) is 6.01. The van der Waals surface area contributed by atoms with Crippen molar-refractivity contribution in [2.75, 3.05) is 7.11 Å². The predicted octanol–water partition coefficient (Wildman–Crippen LogP) is 3.47. The number of hydrogen-bond donors (Lipinski definition) is 0. The van der Waals surface area contributed by atoms with Crippen molar-refractivity contribution < 1.29 is 4.74 Å². The lowest BCUT2D eigenvalue weighted by Crippen LogP contribution is -1.82. The quantitative estimate of drug-likeness (QED) is 0.700. The predicted molar refractivity (Wildman–Crippen MR) is 78.0 cm³/mol. The molecule has 0 radical (unpaired) electrons. The molecule has 0 atom stereocenters. The van der Waals surface area contributed by atoms with Crippen LogP contribution in [0.4, 0.5) is 0 Å². The average molecular weight is 246 g/mol. The van der Waals surface area contributed by atoms with Crippen LogP contribution < -0.4 is 4.74 Å². The van der Waals surface area contributed by atoms with Crippen LogP contribution in [-0.4, -0.2) is 7.11 Å². The molecule has 1 heteroatoms. The maximum atomic E-state index is 5.11. The van der Waals surface area contributed by atoms with Crippen LogP contribution in [0.25, 0.3) is 0 Å². The summed E-state index contributed by atoms with van der Waals surface area (Å²) < 4.78 is 5.11. The van der Waals surface area contributed by atoms with Gasteiger partial charge in [0.25, 0.3) is 0 Å². The first-order valence-electron chi connectivity index (χ1n) is 6.01. The summed E-state index contributed by atoms with van der Waals surface area (Å²) in [5, 5.41) is 0. The van der Waals surface area contributed by atoms with Gasteiger partial charge < -0.3 is 4.74 Å². The Bertz CT molecular complexity index is 656. The number of hydrogen-bond acceptors (Lipinski definition) is 1. The molecule has 0 aliphatic heterocycles. The van der Waals surface area contributed by atoms with Crippen molar-refractivity contribution in [3.05, 3.63) is 65.2 Å². The summed E-state index contributed by atoms with van der Waals surface area (Å²) in [4.78, 5) is 0. The van der Waals surface area contributed by atoms with Gasteiger partial charge >= 0.3 is 0 Å². The topological polar surface area (TPSA) is 9.23 Å². The second kappa shape index (κ2) is 6.34. The van der Waals surface area contributed by atoms with E-state index in [1.165, 1.54) is 0 Å². The Morgan fingerprint density at radius 1 is 0.684 bits per heavy atom. The van der Waals surface area contributed by atoms with E-state index in [1.807, 2.05) is 55.5 Å². The molecule has 2 aromatic rings. The molecule has 2 rings (SSSR count). The van der Waals surface area contributed by atoms with Crippen LogP contribution >= 0.6 is 0 Å². The zero-order valence-corrected chi connectivity index (χ0v) is 11.0. The van der Waals surface area contributed by atoms with E-state index in [2.05, 4.69) is 23.7 Å². The summed E-state index contributed by atoms with van der Waals surface area (Å²) in [5.74, 6) is 13.0. The molecule has 1 nitrogen and oxygen atoms in total. The molecule has 92 valence electrons. The van der Waals surface area contributed by atoms with Gasteiger partial charge in [0, 0.05) is 16.7 Å². The fourth-order valence-electron chi connectivity index (χ4n) is 1.60. The minimum Gasteiger partial charge on any atom is -0.497 e. The van der Waals surface area contributed by atoms with Crippen molar-refractivity contribution in [3.8, 4) is 29.4 Å². The first kappa shape index (κ1) is 12.8. The van der Waals surface area contributed by atoms with E-state index in [4.69, 9.17) is 4.74 Å². The summed E-state index contributed by atoms with van der Waals surface area (Å²) >= 11 is 0. The molecule has 0 aromatic heterocycles. The Morgan fingerprint density at radius 2 is 1.11 bits per heavy atom. The van der Waals surface area contributed by atoms with Gasteiger partial charge in [0.1, 0.15) is 5.75 Å². The van der Waals surface area contributed by atoms with E-state index < -0.39 is 0 Å². The third-order valence-corrected chi connectivity index (χ3v) is 2.60. The second-order valence-corrected chi connectivity index (χ2v) is 3.93. The molecule has 0 fully saturated rings. The lowest BCUT2D eigenvalue weighted by Gasteiger charge is -1.97. The molecule has 0 unspecified atom stereocenters. The highest BCUT2D eigenvalue weighted by Crippen LogP contribution is 2.10. The van der Waals surface area contributed by atoms with Crippen LogP contribution in [0.3, 0.4) is 0 Å². The molecule has 0 bridgehead atoms. The van der Waals surface area contributed by atoms with Gasteiger partial charge in [-0.2, -0.15) is 0 Å². The summed E-state index contributed by atoms with van der Waals surface area (Å²) in [6.45, 7) is 1.83. The van der Waals surface area contributed by atoms with Crippen molar-refractivity contribution in [1.29, 1.82) is 0 Å². The molecule has 19 heavy (non-hydrogen) atoms. The average Bonchev–Trinajstić information content (AvgIpc) is 2.47. The number of ether oxygens (including phenoxy) is 1. The molecule has 0 spiro atoms. The minimum absolute atomic E-state index is 0.841. The number of benzene rings is 2. The highest BCUT2D eigenvalue weighted by Gasteiger charge is 1.91. The van der Waals surface area contributed by atoms with Crippen LogP contribution in [0.1, 0.15) is 23.6 Å². The third-order valence-electron chi connectivity index (χ3n) is 2.60. The largest absolute Gasteiger partial charge is 0.497 e. The van der Waals surface area contributed by atoms with Gasteiger partial charge in [-0.15, -0.1) is 5.92 Å². The van der Waals surface area contributed by atoms with Gasteiger partial charge in [0.05, 0.1) is 7.11 Å². The highest BCUT2D eigenvalue weighted by molar-refractivity contribution is 5.46. The minimum atomic E-state index is 0.841. The third kappa shape index (κ3) is 3.66.